The van der Waals surface area contributed by atoms with E-state index in [4.69, 9.17) is 0 Å². The standard InChI is InChI=1S/C57H105Si10.3ClH.Ti/c1-38-39(2)41(4)51(40(38)3)67(55-42(5)52(64(26,27)28)45(58(8,9)10)35-48(55)61(17,18)19,56-43(6)53(65(29,30)31)46(59(11,12)13)36-49(56)62(20,21)22)57-44(7)54(66(32,33)34)47(60(14,15)16)37-50(57)63(23,24)25;;;;/h35-37H,1-34H3;3*1H;/q-1;;;;+4/p-3. The Morgan fingerprint density at radius 3 is 0.535 bits per heavy atom. The minimum Gasteiger partial charge on any atom is -1.00 e. The Kier molecular flexibility index (Phi) is 22.7. The Bertz CT molecular complexity index is 2330. The molecule has 0 saturated carbocycles. The van der Waals surface area contributed by atoms with Crippen LogP contribution in [0.3, 0.4) is 0 Å². The molecule has 0 heterocycles. The second-order valence-electron chi connectivity index (χ2n) is 30.9. The van der Waals surface area contributed by atoms with Crippen LogP contribution >= 0.6 is 0 Å². The van der Waals surface area contributed by atoms with Crippen LogP contribution in [0.25, 0.3) is 0 Å². The van der Waals surface area contributed by atoms with Crippen LogP contribution < -0.4 is 105 Å². The molecule has 71 heavy (non-hydrogen) atoms. The third kappa shape index (κ3) is 13.3. The maximum absolute atomic E-state index is 3.36. The summed E-state index contributed by atoms with van der Waals surface area (Å²) in [6.45, 7) is 91.2. The van der Waals surface area contributed by atoms with E-state index in [1.165, 1.54) is 11.1 Å². The second kappa shape index (κ2) is 22.5. The average molecular weight is 1230 g/mol. The predicted molar refractivity (Wildman–Crippen MR) is 346 cm³/mol. The molecule has 0 aliphatic heterocycles. The Hall–Kier alpha value is 0.763. The minimum atomic E-state index is -3.36. The van der Waals surface area contributed by atoms with Gasteiger partial charge in [-0.3, -0.25) is 0 Å². The van der Waals surface area contributed by atoms with Gasteiger partial charge in [-0.25, -0.2) is 0 Å². The van der Waals surface area contributed by atoms with E-state index in [2.05, 4.69) is 243 Å². The summed E-state index contributed by atoms with van der Waals surface area (Å²) in [5, 5.41) is 23.5. The van der Waals surface area contributed by atoms with E-state index in [1.807, 2.05) is 31.1 Å². The van der Waals surface area contributed by atoms with Gasteiger partial charge in [0.05, 0.1) is 72.7 Å². The summed E-state index contributed by atoms with van der Waals surface area (Å²) in [6.07, 6.45) is 0. The van der Waals surface area contributed by atoms with Crippen LogP contribution in [0.1, 0.15) is 38.9 Å². The van der Waals surface area contributed by atoms with Gasteiger partial charge in [-0.1, -0.05) is 302 Å². The van der Waals surface area contributed by atoms with Gasteiger partial charge in [-0.05, 0) is 20.8 Å². The SMILES string of the molecule is Cc1c([Si](C)(C)C)c([Si](C)(C)C)cc([Si](C)(C)C)c1[Si](c1c([Si](C)(C)C)cc([Si](C)(C)C)c([Si](C)(C)C)c1C)(c1c([Si](C)(C)C)cc([Si](C)(C)C)c([Si](C)(C)C)c1C)[c-]1c(C)c(C)c(C)c1C.[Cl-].[Cl-].[Cl-].[Ti+4]. The molecule has 0 nitrogen and oxygen atoms in total. The first kappa shape index (κ1) is 71.8. The number of rotatable bonds is 13. The van der Waals surface area contributed by atoms with Crippen LogP contribution in [-0.4, -0.2) is 80.7 Å². The summed E-state index contributed by atoms with van der Waals surface area (Å²) in [4.78, 5) is 0. The van der Waals surface area contributed by atoms with Crippen molar-refractivity contribution >= 4 is 148 Å². The molecule has 0 saturated heterocycles. The topological polar surface area (TPSA) is 0 Å². The summed E-state index contributed by atoms with van der Waals surface area (Å²) in [5.74, 6) is 0. The first-order chi connectivity index (χ1) is 29.4. The molecule has 0 bridgehead atoms. The van der Waals surface area contributed by atoms with E-state index < -0.39 is 80.7 Å². The molecule has 0 atom stereocenters. The molecule has 398 valence electrons. The molecule has 0 spiro atoms. The van der Waals surface area contributed by atoms with Gasteiger partial charge in [-0.2, -0.15) is 22.3 Å². The summed E-state index contributed by atoms with van der Waals surface area (Å²) in [6, 6.07) is 8.92. The van der Waals surface area contributed by atoms with Crippen molar-refractivity contribution in [1.29, 1.82) is 0 Å². The van der Waals surface area contributed by atoms with Crippen LogP contribution in [0.5, 0.6) is 0 Å². The fourth-order valence-corrected chi connectivity index (χ4v) is 47.5. The maximum atomic E-state index is 2.97. The average Bonchev–Trinajstić information content (AvgIpc) is 3.26. The van der Waals surface area contributed by atoms with Crippen LogP contribution in [-0.2, 0) is 21.7 Å². The van der Waals surface area contributed by atoms with E-state index >= 15 is 0 Å². The van der Waals surface area contributed by atoms with Crippen molar-refractivity contribution < 1.29 is 58.9 Å². The minimum absolute atomic E-state index is 0. The summed E-state index contributed by atoms with van der Waals surface area (Å²) >= 11 is 0. The van der Waals surface area contributed by atoms with Crippen LogP contribution in [0, 0.1) is 48.5 Å². The van der Waals surface area contributed by atoms with Crippen molar-refractivity contribution in [2.45, 2.75) is 225 Å². The monoisotopic (exact) mass is 1220 g/mol. The Morgan fingerprint density at radius 1 is 0.239 bits per heavy atom. The molecule has 4 rings (SSSR count). The zero-order valence-corrected chi connectivity index (χ0v) is 66.2. The van der Waals surface area contributed by atoms with E-state index in [1.54, 1.807) is 64.1 Å². The van der Waals surface area contributed by atoms with Crippen molar-refractivity contribution in [3.05, 3.63) is 57.1 Å². The molecule has 0 aromatic heterocycles. The first-order valence-electron chi connectivity index (χ1n) is 26.2. The fourth-order valence-electron chi connectivity index (χ4n) is 12.9. The number of hydrogen-bond donors (Lipinski definition) is 0. The predicted octanol–water partition coefficient (Wildman–Crippen LogP) is 0.858. The van der Waals surface area contributed by atoms with Crippen LogP contribution in [0.15, 0.2) is 18.2 Å². The Morgan fingerprint density at radius 2 is 0.394 bits per heavy atom. The molecule has 4 aromatic rings. The molecule has 0 fully saturated rings. The van der Waals surface area contributed by atoms with E-state index in [9.17, 15) is 0 Å². The third-order valence-electron chi connectivity index (χ3n) is 15.8. The van der Waals surface area contributed by atoms with Gasteiger partial charge in [0.15, 0.2) is 0 Å². The first-order valence-corrected chi connectivity index (χ1v) is 59.7. The second-order valence-corrected chi connectivity index (χ2v) is 79.6. The van der Waals surface area contributed by atoms with E-state index in [-0.39, 0.29) is 58.9 Å². The van der Waals surface area contributed by atoms with Crippen molar-refractivity contribution in [1.82, 2.24) is 0 Å². The van der Waals surface area contributed by atoms with Gasteiger partial charge < -0.3 is 37.2 Å². The molecule has 0 aliphatic rings. The van der Waals surface area contributed by atoms with E-state index in [0.717, 1.165) is 0 Å². The van der Waals surface area contributed by atoms with Crippen molar-refractivity contribution in [2.75, 3.05) is 0 Å². The van der Waals surface area contributed by atoms with Gasteiger partial charge >= 0.3 is 21.7 Å². The van der Waals surface area contributed by atoms with Crippen molar-refractivity contribution in [2.24, 2.45) is 0 Å². The summed E-state index contributed by atoms with van der Waals surface area (Å²) < 4.78 is 0. The Labute approximate surface area is 484 Å². The smallest absolute Gasteiger partial charge is 1.00 e. The summed E-state index contributed by atoms with van der Waals surface area (Å²) in [5.41, 5.74) is 11.4. The zero-order valence-electron chi connectivity index (χ0n) is 52.4. The quantitative estimate of drug-likeness (QED) is 0.106. The van der Waals surface area contributed by atoms with Gasteiger partial charge in [0, 0.05) is 0 Å². The fraction of sp³-hybridized carbons (Fsp3) is 0.596. The van der Waals surface area contributed by atoms with Gasteiger partial charge in [0.25, 0.3) is 0 Å². The molecular weight excluding hydrogens is 1120 g/mol. The Balaban J connectivity index is 0.0000122. The molecule has 0 unspecified atom stereocenters. The normalized spacial score (nSPS) is 13.6. The van der Waals surface area contributed by atoms with Gasteiger partial charge in [0.1, 0.15) is 8.07 Å². The molecular formula is C57H105Cl3Si10Ti. The van der Waals surface area contributed by atoms with Crippen LogP contribution in [0.4, 0.5) is 0 Å². The number of benzene rings is 3. The molecule has 0 N–H and O–H groups in total. The summed E-state index contributed by atoms with van der Waals surface area (Å²) in [7, 11) is -20.7. The molecule has 0 aliphatic carbocycles. The maximum Gasteiger partial charge on any atom is 4.00 e. The van der Waals surface area contributed by atoms with Gasteiger partial charge in [0.2, 0.25) is 0 Å². The van der Waals surface area contributed by atoms with Crippen LogP contribution in [0.2, 0.25) is 177 Å². The van der Waals surface area contributed by atoms with Gasteiger partial charge in [-0.15, -0.1) is 5.19 Å². The molecule has 4 aromatic carbocycles. The zero-order chi connectivity index (χ0) is 52.7. The van der Waals surface area contributed by atoms with E-state index in [0.29, 0.717) is 0 Å². The molecule has 14 heteroatoms. The third-order valence-corrected chi connectivity index (χ3v) is 41.4. The van der Waals surface area contributed by atoms with Crippen molar-refractivity contribution in [3.8, 4) is 0 Å². The number of hydrogen-bond acceptors (Lipinski definition) is 0. The molecule has 0 amide bonds. The van der Waals surface area contributed by atoms with Crippen molar-refractivity contribution in [3.63, 3.8) is 0 Å². The largest absolute Gasteiger partial charge is 4.00 e. The number of halogens is 3. The molecule has 0 radical (unpaired) electrons.